The van der Waals surface area contributed by atoms with Gasteiger partial charge in [0.15, 0.2) is 0 Å². The van der Waals surface area contributed by atoms with Gasteiger partial charge >= 0.3 is 6.09 Å². The van der Waals surface area contributed by atoms with Crippen molar-refractivity contribution in [1.29, 1.82) is 0 Å². The number of ether oxygens (including phenoxy) is 2. The van der Waals surface area contributed by atoms with Crippen LogP contribution in [-0.4, -0.2) is 83.5 Å². The average molecular weight is 805 g/mol. The second-order valence-electron chi connectivity index (χ2n) is 14.3. The predicted molar refractivity (Wildman–Crippen MR) is 205 cm³/mol. The summed E-state index contributed by atoms with van der Waals surface area (Å²) >= 11 is 2.44. The van der Waals surface area contributed by atoms with Crippen molar-refractivity contribution in [2.24, 2.45) is 5.92 Å². The molecule has 2 saturated carbocycles. The van der Waals surface area contributed by atoms with Gasteiger partial charge in [0.25, 0.3) is 15.9 Å². The van der Waals surface area contributed by atoms with Crippen LogP contribution in [0.4, 0.5) is 4.79 Å². The van der Waals surface area contributed by atoms with Gasteiger partial charge in [0.1, 0.15) is 39.7 Å². The van der Waals surface area contributed by atoms with E-state index in [-0.39, 0.29) is 35.6 Å². The number of hydrogen-bond acceptors (Lipinski definition) is 12. The van der Waals surface area contributed by atoms with Crippen molar-refractivity contribution in [2.75, 3.05) is 6.54 Å². The number of thiophene rings is 2. The number of rotatable bonds is 8. The van der Waals surface area contributed by atoms with Crippen LogP contribution in [0, 0.1) is 5.92 Å². The Kier molecular flexibility index (Phi) is 10.3. The van der Waals surface area contributed by atoms with Crippen LogP contribution in [0.2, 0.25) is 0 Å². The molecule has 4 aliphatic rings. The first-order valence-electron chi connectivity index (χ1n) is 18.4. The third-order valence-electron chi connectivity index (χ3n) is 10.3. The average Bonchev–Trinajstić information content (AvgIpc) is 3.78. The smallest absolute Gasteiger partial charge is 0.408 e. The lowest BCUT2D eigenvalue weighted by Crippen LogP contribution is -2.58. The molecule has 55 heavy (non-hydrogen) atoms. The Bertz CT molecular complexity index is 2230. The summed E-state index contributed by atoms with van der Waals surface area (Å²) in [7, 11) is -4.20. The van der Waals surface area contributed by atoms with Crippen LogP contribution in [0.3, 0.4) is 0 Å². The summed E-state index contributed by atoms with van der Waals surface area (Å²) in [5.74, 6) is -2.21. The standard InChI is InChI=1S/C38H40N6O8S3/c45-33-29-20-25(51-34-32(30-14-8-18-53-30)39-26-11-6-7-12-27(26)40-34)22-44(29)35(46)28(41-37(48)52-24-16-17-24)13-5-3-1-2-4-10-23-21-38(23,42-33)36(47)43-55(49,50)31-15-9-19-54-31/h4,6-12,14-15,18-19,23-25,28-29H,1-3,5,13,16-17,20-22H2,(H,41,48)(H,42,45)(H,43,47)/b10-4-/t23?,25-,28+,29+,38-/m1/s1. The van der Waals surface area contributed by atoms with E-state index in [2.05, 4.69) is 15.4 Å². The van der Waals surface area contributed by atoms with Gasteiger partial charge in [-0.15, -0.1) is 22.7 Å². The fourth-order valence-electron chi connectivity index (χ4n) is 7.16. The first kappa shape index (κ1) is 37.1. The fraction of sp³-hybridized carbons (Fsp3) is 0.421. The van der Waals surface area contributed by atoms with E-state index >= 15 is 0 Å². The molecule has 0 bridgehead atoms. The first-order valence-corrected chi connectivity index (χ1v) is 21.7. The van der Waals surface area contributed by atoms with E-state index in [1.807, 2.05) is 53.9 Å². The van der Waals surface area contributed by atoms with Crippen LogP contribution in [0.5, 0.6) is 5.88 Å². The maximum atomic E-state index is 14.5. The molecule has 8 rings (SSSR count). The maximum absolute atomic E-state index is 14.5. The number of para-hydroxylation sites is 2. The Morgan fingerprint density at radius 1 is 0.927 bits per heavy atom. The molecule has 5 atom stereocenters. The number of benzene rings is 1. The quantitative estimate of drug-likeness (QED) is 0.207. The van der Waals surface area contributed by atoms with Crippen LogP contribution >= 0.6 is 22.7 Å². The number of allylic oxidation sites excluding steroid dienone is 1. The summed E-state index contributed by atoms with van der Waals surface area (Å²) in [5.41, 5.74) is 0.243. The monoisotopic (exact) mass is 804 g/mol. The molecule has 3 aromatic heterocycles. The minimum absolute atomic E-state index is 0.0273. The van der Waals surface area contributed by atoms with Crippen LogP contribution in [0.15, 0.2) is 75.7 Å². The molecule has 2 aliphatic carbocycles. The van der Waals surface area contributed by atoms with Gasteiger partial charge in [-0.25, -0.2) is 27.9 Å². The fourth-order valence-corrected chi connectivity index (χ4v) is 9.89. The summed E-state index contributed by atoms with van der Waals surface area (Å²) < 4.78 is 40.4. The lowest BCUT2D eigenvalue weighted by molar-refractivity contribution is -0.141. The van der Waals surface area contributed by atoms with Gasteiger partial charge in [-0.05, 0) is 73.6 Å². The molecule has 4 amide bonds. The number of aromatic nitrogens is 2. The van der Waals surface area contributed by atoms with Gasteiger partial charge < -0.3 is 25.0 Å². The molecule has 1 saturated heterocycles. The first-order chi connectivity index (χ1) is 26.6. The van der Waals surface area contributed by atoms with Crippen molar-refractivity contribution in [2.45, 2.75) is 91.8 Å². The van der Waals surface area contributed by atoms with Crippen LogP contribution in [0.1, 0.15) is 57.8 Å². The number of carbonyl (C=O) groups excluding carboxylic acids is 4. The highest BCUT2D eigenvalue weighted by molar-refractivity contribution is 7.92. The number of fused-ring (bicyclic) bond motifs is 3. The van der Waals surface area contributed by atoms with Crippen molar-refractivity contribution in [3.63, 3.8) is 0 Å². The molecule has 14 nitrogen and oxygen atoms in total. The lowest BCUT2D eigenvalue weighted by Gasteiger charge is -2.29. The third-order valence-corrected chi connectivity index (χ3v) is 13.9. The lowest BCUT2D eigenvalue weighted by atomic mass is 10.1. The number of amides is 4. The van der Waals surface area contributed by atoms with E-state index < -0.39 is 63.5 Å². The summed E-state index contributed by atoms with van der Waals surface area (Å²) in [6, 6.07) is 12.1. The normalized spacial score (nSPS) is 26.4. The molecule has 4 aromatic rings. The van der Waals surface area contributed by atoms with E-state index in [4.69, 9.17) is 19.4 Å². The highest BCUT2D eigenvalue weighted by atomic mass is 32.2. The molecule has 0 spiro atoms. The summed E-state index contributed by atoms with van der Waals surface area (Å²) in [6.45, 7) is -0.0273. The van der Waals surface area contributed by atoms with E-state index in [0.717, 1.165) is 41.9 Å². The largest absolute Gasteiger partial charge is 0.471 e. The zero-order chi connectivity index (χ0) is 38.2. The SMILES string of the molecule is O=C(N[C@H]1CCCCC/C=C\C2C[C@@]2(C(=O)NS(=O)(=O)c2cccs2)NC(=O)[C@@H]2C[C@@H](Oc3nc4ccccc4nc3-c3cccs3)CN2C1=O)OC1CC1. The van der Waals surface area contributed by atoms with Gasteiger partial charge in [-0.3, -0.25) is 14.4 Å². The van der Waals surface area contributed by atoms with Crippen molar-refractivity contribution >= 4 is 67.5 Å². The zero-order valence-electron chi connectivity index (χ0n) is 29.7. The van der Waals surface area contributed by atoms with Gasteiger partial charge in [0.2, 0.25) is 17.7 Å². The minimum atomic E-state index is -4.20. The maximum Gasteiger partial charge on any atom is 0.408 e. The number of nitrogens with zero attached hydrogens (tertiary/aromatic N) is 3. The molecular weight excluding hydrogens is 765 g/mol. The Labute approximate surface area is 325 Å². The Hall–Kier alpha value is -4.87. The van der Waals surface area contributed by atoms with Crippen molar-refractivity contribution < 1.29 is 37.1 Å². The molecule has 2 aliphatic heterocycles. The molecular formula is C38H40N6O8S3. The highest BCUT2D eigenvalue weighted by Gasteiger charge is 2.61. The number of hydrogen-bond donors (Lipinski definition) is 3. The van der Waals surface area contributed by atoms with Crippen LogP contribution in [0.25, 0.3) is 21.6 Å². The molecule has 5 heterocycles. The number of nitrogens with one attached hydrogen (secondary N) is 3. The molecule has 1 aromatic carbocycles. The number of carbonyl (C=O) groups is 4. The van der Waals surface area contributed by atoms with Crippen molar-refractivity contribution in [1.82, 2.24) is 30.2 Å². The van der Waals surface area contributed by atoms with Gasteiger partial charge in [0, 0.05) is 12.3 Å². The summed E-state index contributed by atoms with van der Waals surface area (Å²) in [4.78, 5) is 67.6. The van der Waals surface area contributed by atoms with E-state index in [1.165, 1.54) is 22.3 Å². The zero-order valence-corrected chi connectivity index (χ0v) is 32.2. The van der Waals surface area contributed by atoms with Gasteiger partial charge in [-0.2, -0.15) is 0 Å². The number of alkyl carbamates (subject to hydrolysis) is 1. The van der Waals surface area contributed by atoms with Crippen molar-refractivity contribution in [3.05, 3.63) is 71.4 Å². The third kappa shape index (κ3) is 8.09. The molecule has 3 fully saturated rings. The summed E-state index contributed by atoms with van der Waals surface area (Å²) in [5, 5.41) is 9.16. The van der Waals surface area contributed by atoms with E-state index in [0.29, 0.717) is 36.0 Å². The minimum Gasteiger partial charge on any atom is -0.471 e. The summed E-state index contributed by atoms with van der Waals surface area (Å²) in [6.07, 6.45) is 7.13. The molecule has 1 unspecified atom stereocenters. The number of sulfonamides is 1. The Morgan fingerprint density at radius 2 is 1.71 bits per heavy atom. The molecule has 17 heteroatoms. The van der Waals surface area contributed by atoms with Crippen LogP contribution in [-0.2, 0) is 29.1 Å². The molecule has 3 N–H and O–H groups in total. The molecule has 288 valence electrons. The molecule has 0 radical (unpaired) electrons. The van der Waals surface area contributed by atoms with E-state index in [1.54, 1.807) is 11.4 Å². The predicted octanol–water partition coefficient (Wildman–Crippen LogP) is 4.93. The van der Waals surface area contributed by atoms with Gasteiger partial charge in [-0.1, -0.05) is 49.3 Å². The van der Waals surface area contributed by atoms with Gasteiger partial charge in [0.05, 0.1) is 22.5 Å². The Balaban J connectivity index is 1.11. The van der Waals surface area contributed by atoms with Crippen molar-refractivity contribution in [3.8, 4) is 16.5 Å². The van der Waals surface area contributed by atoms with E-state index in [9.17, 15) is 27.6 Å². The Morgan fingerprint density at radius 3 is 2.45 bits per heavy atom. The van der Waals surface area contributed by atoms with Crippen LogP contribution < -0.4 is 20.1 Å². The highest BCUT2D eigenvalue weighted by Crippen LogP contribution is 2.46. The second kappa shape index (κ2) is 15.3. The topological polar surface area (TPSA) is 186 Å². The second-order valence-corrected chi connectivity index (χ2v) is 18.1.